The maximum Gasteiger partial charge on any atom is 0.124 e. The molecule has 36 heavy (non-hydrogen) atoms. The molecule has 0 aliphatic heterocycles. The maximum absolute atomic E-state index is 9.84. The number of rotatable bonds is 4. The molecule has 4 N–H and O–H groups in total. The van der Waals surface area contributed by atoms with E-state index in [1.807, 2.05) is 39.8 Å². The first-order valence-electron chi connectivity index (χ1n) is 10.4. The second kappa shape index (κ2) is 17.2. The molecule has 2 aromatic rings. The van der Waals surface area contributed by atoms with Crippen molar-refractivity contribution in [2.45, 2.75) is 41.5 Å². The van der Waals surface area contributed by atoms with Crippen LogP contribution in [0.2, 0.25) is 0 Å². The fourth-order valence-electron chi connectivity index (χ4n) is 2.67. The van der Waals surface area contributed by atoms with Crippen molar-refractivity contribution in [3.8, 4) is 11.5 Å². The number of nitrogens with zero attached hydrogens (tertiary/aromatic N) is 4. The van der Waals surface area contributed by atoms with Gasteiger partial charge in [-0.15, -0.1) is 0 Å². The Kier molecular flexibility index (Phi) is 17.2. The predicted molar refractivity (Wildman–Crippen MR) is 147 cm³/mol. The molecule has 0 atom stereocenters. The van der Waals surface area contributed by atoms with E-state index in [0.29, 0.717) is 32.9 Å². The molecule has 0 saturated heterocycles. The van der Waals surface area contributed by atoms with Gasteiger partial charge in [0, 0.05) is 58.2 Å². The Labute approximate surface area is 244 Å². The molecule has 0 aliphatic rings. The third kappa shape index (κ3) is 11.2. The van der Waals surface area contributed by atoms with Gasteiger partial charge in [0.05, 0.1) is 11.4 Å². The van der Waals surface area contributed by atoms with Crippen LogP contribution in [0.25, 0.3) is 0 Å². The van der Waals surface area contributed by atoms with Crippen LogP contribution in [0.1, 0.15) is 47.2 Å². The number of aliphatic imine (C=N–C) groups is 2. The predicted octanol–water partition coefficient (Wildman–Crippen LogP) is 3.71. The van der Waals surface area contributed by atoms with Crippen molar-refractivity contribution in [3.05, 3.63) is 57.6 Å². The normalized spacial score (nSPS) is 12.0. The Morgan fingerprint density at radius 3 is 1.19 bits per heavy atom. The second-order valence-corrected chi connectivity index (χ2v) is 8.36. The monoisotopic (exact) mass is 616 g/mol. The second-order valence-electron chi connectivity index (χ2n) is 7.58. The third-order valence-electron chi connectivity index (χ3n) is 5.05. The summed E-state index contributed by atoms with van der Waals surface area (Å²) in [4.78, 5) is 7.52. The van der Waals surface area contributed by atoms with Gasteiger partial charge >= 0.3 is 0 Å². The summed E-state index contributed by atoms with van der Waals surface area (Å²) in [5.41, 5.74) is 12.3. The van der Waals surface area contributed by atoms with Crippen LogP contribution in [-0.4, -0.2) is 46.1 Å². The van der Waals surface area contributed by atoms with E-state index in [4.69, 9.17) is 25.3 Å². The number of hydrazone groups is 2. The number of phenols is 2. The number of aryl methyl sites for hydroxylation is 4. The van der Waals surface area contributed by atoms with Crippen LogP contribution in [0.3, 0.4) is 0 Å². The van der Waals surface area contributed by atoms with E-state index in [2.05, 4.69) is 31.0 Å². The molecule has 12 heteroatoms. The minimum atomic E-state index is 0. The molecule has 204 valence electrons. The molecule has 0 bridgehead atoms. The summed E-state index contributed by atoms with van der Waals surface area (Å²) in [5, 5.41) is 28.4. The molecule has 0 heterocycles. The zero-order chi connectivity index (χ0) is 26.0. The van der Waals surface area contributed by atoms with E-state index >= 15 is 0 Å². The molecule has 8 nitrogen and oxygen atoms in total. The van der Waals surface area contributed by atoms with Gasteiger partial charge in [-0.25, -0.2) is 0 Å². The number of hydrogen-bond acceptors (Lipinski definition) is 8. The van der Waals surface area contributed by atoms with Crippen LogP contribution in [0.5, 0.6) is 11.5 Å². The molecule has 2 aromatic carbocycles. The summed E-state index contributed by atoms with van der Waals surface area (Å²) in [5.74, 6) is 0.436. The van der Waals surface area contributed by atoms with Crippen molar-refractivity contribution in [3.63, 3.8) is 0 Å². The van der Waals surface area contributed by atoms with E-state index in [1.165, 1.54) is 0 Å². The molecule has 2 rings (SSSR count). The van der Waals surface area contributed by atoms with Crippen molar-refractivity contribution >= 4 is 47.0 Å². The number of benzene rings is 2. The van der Waals surface area contributed by atoms with Crippen molar-refractivity contribution < 1.29 is 43.2 Å². The van der Waals surface area contributed by atoms with Gasteiger partial charge in [-0.2, -0.15) is 10.2 Å². The smallest absolute Gasteiger partial charge is 0.124 e. The fourth-order valence-corrected chi connectivity index (χ4v) is 2.76. The molecule has 0 radical (unpaired) electrons. The van der Waals surface area contributed by atoms with Crippen LogP contribution in [0, 0.1) is 27.7 Å². The summed E-state index contributed by atoms with van der Waals surface area (Å²) < 4.78 is 0. The third-order valence-corrected chi connectivity index (χ3v) is 5.60. The van der Waals surface area contributed by atoms with E-state index in [1.54, 1.807) is 40.1 Å². The summed E-state index contributed by atoms with van der Waals surface area (Å²) in [7, 11) is 3.18. The van der Waals surface area contributed by atoms with E-state index < -0.39 is 0 Å². The van der Waals surface area contributed by atoms with Crippen LogP contribution < -0.4 is 10.9 Å². The Morgan fingerprint density at radius 1 is 0.639 bits per heavy atom. The fraction of sp³-hybridized carbons (Fsp3) is 0.333. The van der Waals surface area contributed by atoms with Crippen molar-refractivity contribution in [2.24, 2.45) is 20.2 Å². The molecule has 0 unspecified atom stereocenters. The van der Waals surface area contributed by atoms with Gasteiger partial charge in [0.1, 0.15) is 11.5 Å². The summed E-state index contributed by atoms with van der Waals surface area (Å²) in [6.45, 7) is 11.5. The average molecular weight is 618 g/mol. The van der Waals surface area contributed by atoms with E-state index in [9.17, 15) is 10.2 Å². The summed E-state index contributed by atoms with van der Waals surface area (Å²) in [6, 6.07) is 7.26. The molecule has 0 fully saturated rings. The summed E-state index contributed by atoms with van der Waals surface area (Å²) >= 11 is 9.71. The molecular weight excluding hydrogens is 586 g/mol. The molecule has 0 aromatic heterocycles. The standard InChI is InChI=1S/2C12H17N3OS.2Ni/c2*1-7-5-10(11(16)6-8(7)2)9(3)14-15-12(17)13-4;;/h2*5-6,16H,1-4H3,(H2,13,15,17);;/p-2/b2*14-9+;;. The Hall–Kier alpha value is -2.25. The van der Waals surface area contributed by atoms with Crippen LogP contribution in [-0.2, 0) is 58.2 Å². The van der Waals surface area contributed by atoms with E-state index in [0.717, 1.165) is 22.3 Å². The Morgan fingerprint density at radius 2 is 0.917 bits per heavy atom. The largest absolute Gasteiger partial charge is 0.741 e. The minimum Gasteiger partial charge on any atom is -0.741 e. The average Bonchev–Trinajstić information content (AvgIpc) is 2.80. The number of amidine groups is 2. The van der Waals surface area contributed by atoms with E-state index in [-0.39, 0.29) is 44.5 Å². The molecule has 0 spiro atoms. The zero-order valence-corrected chi connectivity index (χ0v) is 25.0. The van der Waals surface area contributed by atoms with Crippen molar-refractivity contribution in [2.75, 3.05) is 14.1 Å². The number of phenolic OH excluding ortho intramolecular Hbond substituents is 2. The van der Waals surface area contributed by atoms with Crippen LogP contribution >= 0.6 is 0 Å². The first kappa shape index (κ1) is 35.9. The van der Waals surface area contributed by atoms with Crippen LogP contribution in [0.15, 0.2) is 44.5 Å². The Bertz CT molecular complexity index is 1060. The first-order chi connectivity index (χ1) is 15.9. The molecule has 0 amide bonds. The molecule has 0 aliphatic carbocycles. The number of nitrogens with one attached hydrogen (secondary N) is 2. The quantitative estimate of drug-likeness (QED) is 0.137. The van der Waals surface area contributed by atoms with Crippen LogP contribution in [0.4, 0.5) is 0 Å². The minimum absolute atomic E-state index is 0. The van der Waals surface area contributed by atoms with Gasteiger partial charge in [0.25, 0.3) is 0 Å². The van der Waals surface area contributed by atoms with Gasteiger partial charge < -0.3 is 35.5 Å². The number of aromatic hydroxyl groups is 2. The van der Waals surface area contributed by atoms with Gasteiger partial charge in [-0.05, 0) is 98.4 Å². The topological polar surface area (TPSA) is 114 Å². The van der Waals surface area contributed by atoms with Crippen molar-refractivity contribution in [1.29, 1.82) is 0 Å². The SMILES string of the molecule is CN=C([S-])N/N=C(\C)c1cc(C)c(C)cc1O.CN=C([S-])N/N=C(\C)c1cc(C)c(C)cc1O.[Ni].[Ni]. The van der Waals surface area contributed by atoms with Gasteiger partial charge in [-0.3, -0.25) is 20.8 Å². The van der Waals surface area contributed by atoms with Gasteiger partial charge in [0.2, 0.25) is 0 Å². The van der Waals surface area contributed by atoms with Gasteiger partial charge in [-0.1, -0.05) is 0 Å². The van der Waals surface area contributed by atoms with Gasteiger partial charge in [0.15, 0.2) is 0 Å². The molecule has 0 saturated carbocycles. The number of hydrogen-bond donors (Lipinski definition) is 4. The maximum atomic E-state index is 9.84. The molecular formula is C24H32N6Ni2O2S2-2. The summed E-state index contributed by atoms with van der Waals surface area (Å²) in [6.07, 6.45) is 0. The first-order valence-corrected chi connectivity index (χ1v) is 11.2. The Balaban J connectivity index is 0. The van der Waals surface area contributed by atoms with Crippen molar-refractivity contribution in [1.82, 2.24) is 10.9 Å². The zero-order valence-electron chi connectivity index (χ0n) is 21.4.